The van der Waals surface area contributed by atoms with Crippen LogP contribution in [-0.2, 0) is 0 Å². The molecule has 1 aliphatic carbocycles. The van der Waals surface area contributed by atoms with Crippen LogP contribution in [0.1, 0.15) is 45.1 Å². The van der Waals surface area contributed by atoms with Crippen LogP contribution in [0.25, 0.3) is 33.3 Å². The lowest BCUT2D eigenvalue weighted by atomic mass is 9.59. The zero-order valence-electron chi connectivity index (χ0n) is 18.4. The first-order valence-corrected chi connectivity index (χ1v) is 11.1. The van der Waals surface area contributed by atoms with E-state index >= 15 is 0 Å². The van der Waals surface area contributed by atoms with Gasteiger partial charge in [0, 0.05) is 17.3 Å². The number of nitrogens with zero attached hydrogens (tertiary/aromatic N) is 1. The molecule has 1 fully saturated rings. The quantitative estimate of drug-likeness (QED) is 0.405. The third-order valence-corrected chi connectivity index (χ3v) is 6.84. The Bertz CT molecular complexity index is 1280. The molecule has 3 nitrogen and oxygen atoms in total. The molecule has 1 aliphatic rings. The molecule has 2 atom stereocenters. The Hall–Kier alpha value is -3.20. The van der Waals surface area contributed by atoms with E-state index in [0.29, 0.717) is 22.2 Å². The largest absolute Gasteiger partial charge is 0.328 e. The fourth-order valence-electron chi connectivity index (χ4n) is 4.99. The zero-order chi connectivity index (χ0) is 21.6. The van der Waals surface area contributed by atoms with Gasteiger partial charge in [0.15, 0.2) is 0 Å². The second-order valence-corrected chi connectivity index (χ2v) is 9.77. The van der Waals surface area contributed by atoms with Crippen LogP contribution in [-0.4, -0.2) is 9.97 Å². The maximum absolute atomic E-state index is 12.4. The molecule has 31 heavy (non-hydrogen) atoms. The topological polar surface area (TPSA) is 45.8 Å². The molecular weight excluding hydrogens is 380 g/mol. The van der Waals surface area contributed by atoms with Gasteiger partial charge in [-0.05, 0) is 53.4 Å². The van der Waals surface area contributed by atoms with Crippen molar-refractivity contribution in [3.63, 3.8) is 0 Å². The lowest BCUT2D eigenvalue weighted by Crippen LogP contribution is -2.34. The molecular formula is C28H28N2O. The van der Waals surface area contributed by atoms with Gasteiger partial charge in [0.1, 0.15) is 0 Å². The maximum atomic E-state index is 12.4. The van der Waals surface area contributed by atoms with E-state index in [1.54, 1.807) is 6.20 Å². The Morgan fingerprint density at radius 3 is 2.29 bits per heavy atom. The Morgan fingerprint density at radius 1 is 0.903 bits per heavy atom. The fourth-order valence-corrected chi connectivity index (χ4v) is 4.99. The minimum Gasteiger partial charge on any atom is -0.328 e. The van der Waals surface area contributed by atoms with E-state index in [-0.39, 0.29) is 5.56 Å². The van der Waals surface area contributed by atoms with Crippen molar-refractivity contribution in [3.05, 3.63) is 88.8 Å². The molecule has 156 valence electrons. The minimum absolute atomic E-state index is 0.109. The molecule has 2 aromatic heterocycles. The first kappa shape index (κ1) is 19.7. The minimum atomic E-state index is -0.109. The number of rotatable bonds is 3. The van der Waals surface area contributed by atoms with Crippen LogP contribution >= 0.6 is 0 Å². The van der Waals surface area contributed by atoms with E-state index in [4.69, 9.17) is 4.98 Å². The molecule has 3 heteroatoms. The van der Waals surface area contributed by atoms with Crippen LogP contribution in [0, 0.1) is 11.3 Å². The molecule has 0 spiro atoms. The first-order chi connectivity index (χ1) is 14.9. The number of benzene rings is 2. The van der Waals surface area contributed by atoms with E-state index in [1.165, 1.54) is 18.4 Å². The van der Waals surface area contributed by atoms with Gasteiger partial charge in [-0.3, -0.25) is 4.79 Å². The van der Waals surface area contributed by atoms with E-state index in [2.05, 4.69) is 62.2 Å². The van der Waals surface area contributed by atoms with Crippen LogP contribution in [0.15, 0.2) is 77.7 Å². The molecule has 0 aliphatic heterocycles. The van der Waals surface area contributed by atoms with Gasteiger partial charge >= 0.3 is 0 Å². The van der Waals surface area contributed by atoms with Gasteiger partial charge in [-0.1, -0.05) is 75.4 Å². The number of hydrogen-bond donors (Lipinski definition) is 1. The summed E-state index contributed by atoms with van der Waals surface area (Å²) in [6.07, 6.45) is 4.25. The van der Waals surface area contributed by atoms with Gasteiger partial charge in [-0.25, -0.2) is 4.98 Å². The maximum Gasteiger partial charge on any atom is 0.257 e. The van der Waals surface area contributed by atoms with E-state index in [0.717, 1.165) is 28.3 Å². The second kappa shape index (κ2) is 7.49. The third-order valence-electron chi connectivity index (χ3n) is 6.84. The van der Waals surface area contributed by atoms with Gasteiger partial charge in [0.05, 0.1) is 16.6 Å². The standard InChI is InChI=1S/C28H28N2O/c1-28(2,3)24-14-13-21(24)19-9-11-20(12-10-19)26-22(18-7-5-4-6-8-18)17-23-25(30-26)15-16-29-27(23)31/h4-12,15-17,21,24H,13-14H2,1-3H3,(H,29,31). The summed E-state index contributed by atoms with van der Waals surface area (Å²) in [4.78, 5) is 20.1. The van der Waals surface area contributed by atoms with Crippen molar-refractivity contribution in [1.82, 2.24) is 9.97 Å². The molecule has 2 aromatic carbocycles. The van der Waals surface area contributed by atoms with Crippen molar-refractivity contribution in [2.45, 2.75) is 39.5 Å². The van der Waals surface area contributed by atoms with Gasteiger partial charge in [0.2, 0.25) is 0 Å². The highest BCUT2D eigenvalue weighted by Crippen LogP contribution is 2.51. The van der Waals surface area contributed by atoms with Gasteiger partial charge in [0.25, 0.3) is 5.56 Å². The molecule has 0 bridgehead atoms. The Balaban J connectivity index is 1.60. The number of H-pyrrole nitrogens is 1. The van der Waals surface area contributed by atoms with Crippen molar-refractivity contribution in [1.29, 1.82) is 0 Å². The third kappa shape index (κ3) is 3.59. The summed E-state index contributed by atoms with van der Waals surface area (Å²) in [5, 5.41) is 0.615. The second-order valence-electron chi connectivity index (χ2n) is 9.77. The number of fused-ring (bicyclic) bond motifs is 1. The molecule has 5 rings (SSSR count). The molecule has 0 radical (unpaired) electrons. The van der Waals surface area contributed by atoms with Crippen LogP contribution in [0.3, 0.4) is 0 Å². The number of hydrogen-bond acceptors (Lipinski definition) is 2. The number of pyridine rings is 2. The molecule has 0 amide bonds. The Kier molecular flexibility index (Phi) is 4.77. The summed E-state index contributed by atoms with van der Waals surface area (Å²) in [6, 6.07) is 23.0. The summed E-state index contributed by atoms with van der Waals surface area (Å²) in [5.74, 6) is 1.38. The summed E-state index contributed by atoms with van der Waals surface area (Å²) in [7, 11) is 0. The summed E-state index contributed by atoms with van der Waals surface area (Å²) in [6.45, 7) is 7.06. The van der Waals surface area contributed by atoms with Gasteiger partial charge in [-0.2, -0.15) is 0 Å². The van der Waals surface area contributed by atoms with E-state index in [1.807, 2.05) is 30.3 Å². The smallest absolute Gasteiger partial charge is 0.257 e. The molecule has 2 unspecified atom stereocenters. The van der Waals surface area contributed by atoms with Crippen molar-refractivity contribution in [3.8, 4) is 22.4 Å². The molecule has 1 saturated carbocycles. The molecule has 1 N–H and O–H groups in total. The highest BCUT2D eigenvalue weighted by Gasteiger charge is 2.39. The van der Waals surface area contributed by atoms with Crippen LogP contribution < -0.4 is 5.56 Å². The predicted molar refractivity (Wildman–Crippen MR) is 128 cm³/mol. The lowest BCUT2D eigenvalue weighted by molar-refractivity contribution is 0.106. The van der Waals surface area contributed by atoms with Gasteiger partial charge in [-0.15, -0.1) is 0 Å². The van der Waals surface area contributed by atoms with Gasteiger partial charge < -0.3 is 4.98 Å². The number of aromatic nitrogens is 2. The average Bonchev–Trinajstić information content (AvgIpc) is 2.72. The van der Waals surface area contributed by atoms with Crippen LogP contribution in [0.4, 0.5) is 0 Å². The van der Waals surface area contributed by atoms with Crippen molar-refractivity contribution < 1.29 is 0 Å². The Morgan fingerprint density at radius 2 is 1.65 bits per heavy atom. The van der Waals surface area contributed by atoms with Crippen LogP contribution in [0.2, 0.25) is 0 Å². The summed E-state index contributed by atoms with van der Waals surface area (Å²) in [5.41, 5.74) is 6.41. The van der Waals surface area contributed by atoms with Crippen molar-refractivity contribution in [2.75, 3.05) is 0 Å². The zero-order valence-corrected chi connectivity index (χ0v) is 18.4. The summed E-state index contributed by atoms with van der Waals surface area (Å²) >= 11 is 0. The average molecular weight is 409 g/mol. The first-order valence-electron chi connectivity index (χ1n) is 11.1. The molecule has 4 aromatic rings. The van der Waals surface area contributed by atoms with Crippen molar-refractivity contribution >= 4 is 10.9 Å². The van der Waals surface area contributed by atoms with Crippen LogP contribution in [0.5, 0.6) is 0 Å². The van der Waals surface area contributed by atoms with E-state index < -0.39 is 0 Å². The monoisotopic (exact) mass is 408 g/mol. The molecule has 2 heterocycles. The normalized spacial score (nSPS) is 18.7. The SMILES string of the molecule is CC(C)(C)C1CCC1c1ccc(-c2nc3cc[nH]c(=O)c3cc2-c2ccccc2)cc1. The number of nitrogens with one attached hydrogen (secondary N) is 1. The fraction of sp³-hybridized carbons (Fsp3) is 0.286. The Labute approximate surface area is 183 Å². The lowest BCUT2D eigenvalue weighted by Gasteiger charge is -2.45. The number of aromatic amines is 1. The highest BCUT2D eigenvalue weighted by atomic mass is 16.1. The van der Waals surface area contributed by atoms with E-state index in [9.17, 15) is 4.79 Å². The molecule has 0 saturated heterocycles. The summed E-state index contributed by atoms with van der Waals surface area (Å²) < 4.78 is 0. The predicted octanol–water partition coefficient (Wildman–Crippen LogP) is 6.80. The highest BCUT2D eigenvalue weighted by molar-refractivity contribution is 5.91. The van der Waals surface area contributed by atoms with Crippen molar-refractivity contribution in [2.24, 2.45) is 11.3 Å².